The summed E-state index contributed by atoms with van der Waals surface area (Å²) >= 11 is 2.94. The van der Waals surface area contributed by atoms with E-state index in [1.54, 1.807) is 6.92 Å². The third-order valence-corrected chi connectivity index (χ3v) is 9.25. The van der Waals surface area contributed by atoms with Gasteiger partial charge in [-0.2, -0.15) is 0 Å². The van der Waals surface area contributed by atoms with E-state index >= 15 is 0 Å². The number of esters is 1. The second-order valence-electron chi connectivity index (χ2n) is 9.88. The molecule has 8 heteroatoms. The maximum Gasteiger partial charge on any atom is 0.341 e. The molecule has 2 N–H and O–H groups in total. The first-order chi connectivity index (χ1) is 17.4. The molecule has 0 aliphatic heterocycles. The Kier molecular flexibility index (Phi) is 9.12. The van der Waals surface area contributed by atoms with E-state index in [0.29, 0.717) is 23.1 Å². The molecule has 0 saturated heterocycles. The smallest absolute Gasteiger partial charge is 0.341 e. The van der Waals surface area contributed by atoms with Crippen molar-refractivity contribution in [3.63, 3.8) is 0 Å². The number of carbonyl (C=O) groups excluding carboxylic acids is 3. The number of anilines is 2. The van der Waals surface area contributed by atoms with Gasteiger partial charge in [-0.25, -0.2) is 4.79 Å². The number of nitrogens with one attached hydrogen (secondary N) is 2. The molecule has 1 fully saturated rings. The van der Waals surface area contributed by atoms with Crippen LogP contribution in [0, 0.1) is 11.8 Å². The van der Waals surface area contributed by atoms with E-state index in [4.69, 9.17) is 4.74 Å². The number of rotatable bonds is 8. The van der Waals surface area contributed by atoms with Crippen molar-refractivity contribution in [1.29, 1.82) is 0 Å². The fourth-order valence-electron chi connectivity index (χ4n) is 4.99. The van der Waals surface area contributed by atoms with E-state index in [2.05, 4.69) is 17.6 Å². The molecule has 2 amide bonds. The van der Waals surface area contributed by atoms with Crippen molar-refractivity contribution in [1.82, 2.24) is 0 Å². The lowest BCUT2D eigenvalue weighted by molar-refractivity contribution is -0.120. The van der Waals surface area contributed by atoms with Crippen LogP contribution in [0.4, 0.5) is 10.7 Å². The standard InChI is InChI=1S/C28H36N2O4S2/c1-4-34-28(33)24-22-14-13-17(2)15-23(22)36-27(24)30-25(31)18(3)35-21-12-8-11-20(16-21)29-26(32)19-9-6-5-7-10-19/h8,11-12,16-19H,4-7,9-10,13-15H2,1-3H3,(H,29,32)(H,30,31). The molecule has 2 aromatic rings. The molecule has 1 heterocycles. The molecule has 2 atom stereocenters. The molecule has 4 rings (SSSR count). The summed E-state index contributed by atoms with van der Waals surface area (Å²) in [7, 11) is 0. The van der Waals surface area contributed by atoms with E-state index in [-0.39, 0.29) is 29.0 Å². The molecule has 0 bridgehead atoms. The minimum Gasteiger partial charge on any atom is -0.462 e. The average molecular weight is 529 g/mol. The van der Waals surface area contributed by atoms with Crippen molar-refractivity contribution in [2.45, 2.75) is 82.3 Å². The molecular weight excluding hydrogens is 492 g/mol. The van der Waals surface area contributed by atoms with Crippen LogP contribution < -0.4 is 10.6 Å². The van der Waals surface area contributed by atoms with E-state index in [9.17, 15) is 14.4 Å². The highest BCUT2D eigenvalue weighted by Crippen LogP contribution is 2.40. The molecule has 2 aliphatic rings. The number of thioether (sulfide) groups is 1. The fourth-order valence-corrected chi connectivity index (χ4v) is 7.31. The number of hydrogen-bond acceptors (Lipinski definition) is 6. The summed E-state index contributed by atoms with van der Waals surface area (Å²) in [6, 6.07) is 7.65. The monoisotopic (exact) mass is 528 g/mol. The van der Waals surface area contributed by atoms with Crippen molar-refractivity contribution < 1.29 is 19.1 Å². The summed E-state index contributed by atoms with van der Waals surface area (Å²) in [4.78, 5) is 40.6. The predicted molar refractivity (Wildman–Crippen MR) is 147 cm³/mol. The van der Waals surface area contributed by atoms with E-state index in [0.717, 1.165) is 61.1 Å². The van der Waals surface area contributed by atoms with Crippen LogP contribution in [0.5, 0.6) is 0 Å². The Hall–Kier alpha value is -2.32. The number of benzene rings is 1. The first kappa shape index (κ1) is 26.7. The maximum absolute atomic E-state index is 13.1. The zero-order valence-electron chi connectivity index (χ0n) is 21.4. The Morgan fingerprint density at radius 3 is 2.67 bits per heavy atom. The lowest BCUT2D eigenvalue weighted by Crippen LogP contribution is -2.24. The summed E-state index contributed by atoms with van der Waals surface area (Å²) < 4.78 is 5.32. The van der Waals surface area contributed by atoms with Crippen molar-refractivity contribution in [2.75, 3.05) is 17.2 Å². The molecule has 194 valence electrons. The van der Waals surface area contributed by atoms with Crippen LogP contribution in [0.3, 0.4) is 0 Å². The molecule has 0 spiro atoms. The first-order valence-electron chi connectivity index (χ1n) is 13.1. The van der Waals surface area contributed by atoms with Gasteiger partial charge in [-0.3, -0.25) is 9.59 Å². The second-order valence-corrected chi connectivity index (χ2v) is 12.4. The number of carbonyl (C=O) groups is 3. The van der Waals surface area contributed by atoms with Gasteiger partial charge >= 0.3 is 5.97 Å². The molecule has 2 unspecified atom stereocenters. The Morgan fingerprint density at radius 2 is 1.92 bits per heavy atom. The third kappa shape index (κ3) is 6.51. The second kappa shape index (κ2) is 12.3. The summed E-state index contributed by atoms with van der Waals surface area (Å²) in [6.07, 6.45) is 8.14. The van der Waals surface area contributed by atoms with Crippen LogP contribution in [-0.4, -0.2) is 29.6 Å². The van der Waals surface area contributed by atoms with Crippen molar-refractivity contribution in [3.8, 4) is 0 Å². The van der Waals surface area contributed by atoms with Gasteiger partial charge < -0.3 is 15.4 Å². The summed E-state index contributed by atoms with van der Waals surface area (Å²) in [5, 5.41) is 6.28. The number of hydrogen-bond donors (Lipinski definition) is 2. The summed E-state index contributed by atoms with van der Waals surface area (Å²) in [5.74, 6) is 0.226. The Bertz CT molecular complexity index is 1110. The van der Waals surface area contributed by atoms with E-state index in [1.807, 2.05) is 31.2 Å². The normalized spacial score (nSPS) is 18.7. The number of fused-ring (bicyclic) bond motifs is 1. The van der Waals surface area contributed by atoms with Crippen molar-refractivity contribution in [3.05, 3.63) is 40.3 Å². The fraction of sp³-hybridized carbons (Fsp3) is 0.536. The van der Waals surface area contributed by atoms with E-state index in [1.165, 1.54) is 34.4 Å². The number of amides is 2. The van der Waals surface area contributed by atoms with Crippen LogP contribution in [0.1, 0.15) is 80.1 Å². The van der Waals surface area contributed by atoms with Gasteiger partial charge in [0.1, 0.15) is 5.00 Å². The molecular formula is C28H36N2O4S2. The third-order valence-electron chi connectivity index (χ3n) is 6.99. The van der Waals surface area contributed by atoms with Crippen molar-refractivity contribution in [2.24, 2.45) is 11.8 Å². The first-order valence-corrected chi connectivity index (χ1v) is 14.8. The van der Waals surface area contributed by atoms with E-state index < -0.39 is 0 Å². The predicted octanol–water partition coefficient (Wildman–Crippen LogP) is 6.69. The zero-order chi connectivity index (χ0) is 25.7. The molecule has 36 heavy (non-hydrogen) atoms. The van der Waals surface area contributed by atoms with Crippen LogP contribution in [0.15, 0.2) is 29.2 Å². The summed E-state index contributed by atoms with van der Waals surface area (Å²) in [5.41, 5.74) is 2.32. The highest BCUT2D eigenvalue weighted by molar-refractivity contribution is 8.00. The Morgan fingerprint density at radius 1 is 1.14 bits per heavy atom. The number of ether oxygens (including phenoxy) is 1. The molecule has 1 aromatic carbocycles. The van der Waals surface area contributed by atoms with Gasteiger partial charge in [0.2, 0.25) is 11.8 Å². The van der Waals surface area contributed by atoms with Crippen LogP contribution in [0.2, 0.25) is 0 Å². The van der Waals surface area contributed by atoms with Gasteiger partial charge in [-0.1, -0.05) is 32.3 Å². The SMILES string of the molecule is CCOC(=O)c1c(NC(=O)C(C)Sc2cccc(NC(=O)C3CCCCC3)c2)sc2c1CCC(C)C2. The maximum atomic E-state index is 13.1. The average Bonchev–Trinajstić information content (AvgIpc) is 3.21. The van der Waals surface area contributed by atoms with Gasteiger partial charge in [0.25, 0.3) is 0 Å². The van der Waals surface area contributed by atoms with Crippen molar-refractivity contribution >= 4 is 51.6 Å². The quantitative estimate of drug-likeness (QED) is 0.295. The largest absolute Gasteiger partial charge is 0.462 e. The molecule has 6 nitrogen and oxygen atoms in total. The van der Waals surface area contributed by atoms with Crippen LogP contribution >= 0.6 is 23.1 Å². The molecule has 1 saturated carbocycles. The summed E-state index contributed by atoms with van der Waals surface area (Å²) in [6.45, 7) is 6.16. The van der Waals surface area contributed by atoms with Gasteiger partial charge in [0.05, 0.1) is 17.4 Å². The van der Waals surface area contributed by atoms with Gasteiger partial charge in [-0.05, 0) is 75.6 Å². The Balaban J connectivity index is 1.42. The molecule has 0 radical (unpaired) electrons. The highest BCUT2D eigenvalue weighted by atomic mass is 32.2. The Labute approximate surface area is 222 Å². The molecule has 1 aromatic heterocycles. The molecule has 2 aliphatic carbocycles. The van der Waals surface area contributed by atoms with Gasteiger partial charge in [-0.15, -0.1) is 23.1 Å². The topological polar surface area (TPSA) is 84.5 Å². The lowest BCUT2D eigenvalue weighted by Gasteiger charge is -2.21. The number of thiophene rings is 1. The minimum atomic E-state index is -0.387. The van der Waals surface area contributed by atoms with Crippen LogP contribution in [0.25, 0.3) is 0 Å². The van der Waals surface area contributed by atoms with Crippen LogP contribution in [-0.2, 0) is 27.2 Å². The highest BCUT2D eigenvalue weighted by Gasteiger charge is 2.30. The minimum absolute atomic E-state index is 0.0881. The lowest BCUT2D eigenvalue weighted by atomic mass is 9.88. The van der Waals surface area contributed by atoms with Gasteiger partial charge in [0.15, 0.2) is 0 Å². The van der Waals surface area contributed by atoms with Gasteiger partial charge in [0, 0.05) is 21.4 Å². The zero-order valence-corrected chi connectivity index (χ0v) is 23.0.